The Bertz CT molecular complexity index is 627. The summed E-state index contributed by atoms with van der Waals surface area (Å²) in [5.41, 5.74) is 2.17. The molecule has 3 amide bonds. The molecule has 0 spiro atoms. The summed E-state index contributed by atoms with van der Waals surface area (Å²) in [7, 11) is 0. The molecule has 0 aliphatic carbocycles. The van der Waals surface area contributed by atoms with Gasteiger partial charge in [-0.05, 0) is 48.9 Å². The van der Waals surface area contributed by atoms with Crippen LogP contribution < -0.4 is 10.6 Å². The molecule has 3 rings (SSSR count). The van der Waals surface area contributed by atoms with Gasteiger partial charge in [0.05, 0.1) is 0 Å². The number of likely N-dealkylation sites (tertiary alicyclic amines) is 1. The molecule has 24 heavy (non-hydrogen) atoms. The van der Waals surface area contributed by atoms with E-state index in [1.165, 1.54) is 11.6 Å². The molecule has 130 valence electrons. The Morgan fingerprint density at radius 3 is 2.75 bits per heavy atom. The third-order valence-corrected chi connectivity index (χ3v) is 5.06. The van der Waals surface area contributed by atoms with Crippen molar-refractivity contribution in [2.45, 2.75) is 32.1 Å². The lowest BCUT2D eigenvalue weighted by atomic mass is 9.87. The molecule has 0 bridgehead atoms. The maximum Gasteiger partial charge on any atom is 0.317 e. The van der Waals surface area contributed by atoms with E-state index in [9.17, 15) is 14.0 Å². The molecule has 1 aromatic carbocycles. The standard InChI is InChI=1S/C18H24FN3O2/c1-12-8-15(19)2-3-16(12)14-4-6-22(7-5-14)18(24)21-11-13-9-17(23)20-10-13/h2-3,8,13-14H,4-7,9-11H2,1H3,(H,20,23)(H,21,24). The van der Waals surface area contributed by atoms with Crippen LogP contribution in [0, 0.1) is 18.7 Å². The van der Waals surface area contributed by atoms with Crippen molar-refractivity contribution in [3.63, 3.8) is 0 Å². The van der Waals surface area contributed by atoms with Gasteiger partial charge in [-0.3, -0.25) is 4.79 Å². The number of carbonyl (C=O) groups excluding carboxylic acids is 2. The van der Waals surface area contributed by atoms with Crippen LogP contribution >= 0.6 is 0 Å². The van der Waals surface area contributed by atoms with E-state index in [-0.39, 0.29) is 23.7 Å². The second-order valence-electron chi connectivity index (χ2n) is 6.82. The molecular weight excluding hydrogens is 309 g/mol. The highest BCUT2D eigenvalue weighted by Crippen LogP contribution is 2.30. The van der Waals surface area contributed by atoms with E-state index >= 15 is 0 Å². The predicted molar refractivity (Wildman–Crippen MR) is 89.2 cm³/mol. The molecule has 1 atom stereocenters. The molecule has 6 heteroatoms. The van der Waals surface area contributed by atoms with Gasteiger partial charge in [-0.2, -0.15) is 0 Å². The minimum Gasteiger partial charge on any atom is -0.356 e. The molecule has 2 fully saturated rings. The largest absolute Gasteiger partial charge is 0.356 e. The Hall–Kier alpha value is -2.11. The number of rotatable bonds is 3. The van der Waals surface area contributed by atoms with Crippen LogP contribution in [-0.4, -0.2) is 43.0 Å². The Balaban J connectivity index is 1.47. The van der Waals surface area contributed by atoms with Crippen molar-refractivity contribution in [3.8, 4) is 0 Å². The summed E-state index contributed by atoms with van der Waals surface area (Å²) < 4.78 is 13.2. The summed E-state index contributed by atoms with van der Waals surface area (Å²) in [6, 6.07) is 4.91. The van der Waals surface area contributed by atoms with Crippen LogP contribution in [0.25, 0.3) is 0 Å². The average Bonchev–Trinajstić information content (AvgIpc) is 2.98. The SMILES string of the molecule is Cc1cc(F)ccc1C1CCN(C(=O)NCC2CNC(=O)C2)CC1. The molecule has 0 radical (unpaired) electrons. The third kappa shape index (κ3) is 3.86. The quantitative estimate of drug-likeness (QED) is 0.890. The Kier molecular flexibility index (Phi) is 5.02. The number of halogens is 1. The molecule has 2 aliphatic heterocycles. The van der Waals surface area contributed by atoms with Crippen molar-refractivity contribution in [1.82, 2.24) is 15.5 Å². The molecule has 0 aromatic heterocycles. The van der Waals surface area contributed by atoms with Crippen LogP contribution in [0.15, 0.2) is 18.2 Å². The van der Waals surface area contributed by atoms with Gasteiger partial charge >= 0.3 is 6.03 Å². The summed E-state index contributed by atoms with van der Waals surface area (Å²) in [6.07, 6.45) is 2.28. The van der Waals surface area contributed by atoms with E-state index in [1.807, 2.05) is 17.9 Å². The molecule has 2 saturated heterocycles. The first kappa shape index (κ1) is 16.7. The molecule has 1 unspecified atom stereocenters. The van der Waals surface area contributed by atoms with Crippen LogP contribution in [0.1, 0.15) is 36.3 Å². The lowest BCUT2D eigenvalue weighted by Gasteiger charge is -2.33. The highest BCUT2D eigenvalue weighted by atomic mass is 19.1. The number of nitrogens with one attached hydrogen (secondary N) is 2. The zero-order valence-electron chi connectivity index (χ0n) is 14.0. The molecule has 0 saturated carbocycles. The van der Waals surface area contributed by atoms with Gasteiger partial charge in [-0.15, -0.1) is 0 Å². The highest BCUT2D eigenvalue weighted by Gasteiger charge is 2.26. The number of aryl methyl sites for hydroxylation is 1. The summed E-state index contributed by atoms with van der Waals surface area (Å²) >= 11 is 0. The number of carbonyl (C=O) groups is 2. The highest BCUT2D eigenvalue weighted by molar-refractivity contribution is 5.78. The first-order valence-corrected chi connectivity index (χ1v) is 8.58. The third-order valence-electron chi connectivity index (χ3n) is 5.06. The maximum atomic E-state index is 13.2. The molecule has 2 aliphatic rings. The van der Waals surface area contributed by atoms with Gasteiger partial charge in [0.2, 0.25) is 5.91 Å². The van der Waals surface area contributed by atoms with E-state index in [4.69, 9.17) is 0 Å². The minimum absolute atomic E-state index is 0.0522. The summed E-state index contributed by atoms with van der Waals surface area (Å²) in [6.45, 7) is 4.53. The Morgan fingerprint density at radius 2 is 2.12 bits per heavy atom. The van der Waals surface area contributed by atoms with E-state index in [2.05, 4.69) is 10.6 Å². The normalized spacial score (nSPS) is 21.7. The van der Waals surface area contributed by atoms with Gasteiger partial charge in [-0.1, -0.05) is 6.07 Å². The Morgan fingerprint density at radius 1 is 1.38 bits per heavy atom. The van der Waals surface area contributed by atoms with Crippen molar-refractivity contribution < 1.29 is 14.0 Å². The van der Waals surface area contributed by atoms with Crippen LogP contribution in [0.5, 0.6) is 0 Å². The number of nitrogens with zero attached hydrogens (tertiary/aromatic N) is 1. The topological polar surface area (TPSA) is 61.4 Å². The van der Waals surface area contributed by atoms with Gasteiger partial charge in [0.25, 0.3) is 0 Å². The van der Waals surface area contributed by atoms with Crippen LogP contribution in [0.2, 0.25) is 0 Å². The zero-order valence-corrected chi connectivity index (χ0v) is 14.0. The van der Waals surface area contributed by atoms with Crippen molar-refractivity contribution in [2.75, 3.05) is 26.2 Å². The van der Waals surface area contributed by atoms with Crippen molar-refractivity contribution in [1.29, 1.82) is 0 Å². The summed E-state index contributed by atoms with van der Waals surface area (Å²) in [5.74, 6) is 0.435. The maximum absolute atomic E-state index is 13.2. The van der Waals surface area contributed by atoms with Gasteiger partial charge in [0.1, 0.15) is 5.82 Å². The van der Waals surface area contributed by atoms with Crippen LogP contribution in [0.3, 0.4) is 0 Å². The van der Waals surface area contributed by atoms with Gasteiger partial charge < -0.3 is 15.5 Å². The second kappa shape index (κ2) is 7.20. The molecule has 2 N–H and O–H groups in total. The number of hydrogen-bond acceptors (Lipinski definition) is 2. The van der Waals surface area contributed by atoms with Gasteiger partial charge in [0, 0.05) is 38.5 Å². The lowest BCUT2D eigenvalue weighted by molar-refractivity contribution is -0.119. The number of benzene rings is 1. The molecular formula is C18H24FN3O2. The number of urea groups is 1. The lowest BCUT2D eigenvalue weighted by Crippen LogP contribution is -2.45. The number of amides is 3. The predicted octanol–water partition coefficient (Wildman–Crippen LogP) is 2.16. The average molecular weight is 333 g/mol. The van der Waals surface area contributed by atoms with E-state index in [0.717, 1.165) is 18.4 Å². The fourth-order valence-electron chi connectivity index (χ4n) is 3.64. The first-order valence-electron chi connectivity index (χ1n) is 8.58. The van der Waals surface area contributed by atoms with Crippen molar-refractivity contribution in [3.05, 3.63) is 35.1 Å². The summed E-state index contributed by atoms with van der Waals surface area (Å²) in [5, 5.41) is 5.71. The van der Waals surface area contributed by atoms with E-state index in [1.54, 1.807) is 6.07 Å². The smallest absolute Gasteiger partial charge is 0.317 e. The van der Waals surface area contributed by atoms with Crippen LogP contribution in [0.4, 0.5) is 9.18 Å². The molecule has 5 nitrogen and oxygen atoms in total. The van der Waals surface area contributed by atoms with Gasteiger partial charge in [-0.25, -0.2) is 9.18 Å². The fourth-order valence-corrected chi connectivity index (χ4v) is 3.64. The number of hydrogen-bond donors (Lipinski definition) is 2. The fraction of sp³-hybridized carbons (Fsp3) is 0.556. The molecule has 2 heterocycles. The second-order valence-corrected chi connectivity index (χ2v) is 6.82. The van der Waals surface area contributed by atoms with E-state index < -0.39 is 0 Å². The van der Waals surface area contributed by atoms with E-state index in [0.29, 0.717) is 38.5 Å². The summed E-state index contributed by atoms with van der Waals surface area (Å²) in [4.78, 5) is 25.2. The van der Waals surface area contributed by atoms with Crippen LogP contribution in [-0.2, 0) is 4.79 Å². The first-order chi connectivity index (χ1) is 11.5. The minimum atomic E-state index is -0.201. The zero-order chi connectivity index (χ0) is 17.1. The molecule has 1 aromatic rings. The van der Waals surface area contributed by atoms with Crippen molar-refractivity contribution in [2.24, 2.45) is 5.92 Å². The van der Waals surface area contributed by atoms with Crippen molar-refractivity contribution >= 4 is 11.9 Å². The number of piperidine rings is 1. The monoisotopic (exact) mass is 333 g/mol. The van der Waals surface area contributed by atoms with Gasteiger partial charge in [0.15, 0.2) is 0 Å². The Labute approximate surface area is 141 Å².